The van der Waals surface area contributed by atoms with E-state index in [1.165, 1.54) is 23.2 Å². The van der Waals surface area contributed by atoms with E-state index in [9.17, 15) is 19.2 Å². The average molecular weight is 432 g/mol. The van der Waals surface area contributed by atoms with E-state index in [2.05, 4.69) is 0 Å². The molecule has 0 saturated carbocycles. The summed E-state index contributed by atoms with van der Waals surface area (Å²) in [6.07, 6.45) is 0.815. The Bertz CT molecular complexity index is 1300. The molecule has 0 spiro atoms. The summed E-state index contributed by atoms with van der Waals surface area (Å²) >= 11 is 0. The van der Waals surface area contributed by atoms with E-state index in [0.29, 0.717) is 49.4 Å². The molecule has 0 bridgehead atoms. The van der Waals surface area contributed by atoms with E-state index < -0.39 is 11.4 Å². The predicted molar refractivity (Wildman–Crippen MR) is 119 cm³/mol. The van der Waals surface area contributed by atoms with Crippen molar-refractivity contribution in [2.45, 2.75) is 20.3 Å². The highest BCUT2D eigenvalue weighted by molar-refractivity contribution is 5.80. The van der Waals surface area contributed by atoms with E-state index in [4.69, 9.17) is 0 Å². The maximum absolute atomic E-state index is 13.0. The standard InChI is InChI=1S/C19H28N8O4/c1-7-9-25-11-27(15-13(25)17(29)23(6)19(31)21(15)4)26-10-24(8-2)12-14(26)20(3)18(30)22(5)16(12)28/h7-11H2,1-6H3. The summed E-state index contributed by atoms with van der Waals surface area (Å²) in [5.74, 6) is 0.908. The zero-order valence-electron chi connectivity index (χ0n) is 18.7. The molecule has 4 rings (SSSR count). The molecule has 2 aromatic rings. The Kier molecular flexibility index (Phi) is 4.74. The fourth-order valence-corrected chi connectivity index (χ4v) is 4.47. The van der Waals surface area contributed by atoms with Gasteiger partial charge < -0.3 is 9.80 Å². The molecule has 2 aliphatic rings. The van der Waals surface area contributed by atoms with Crippen LogP contribution in [0.15, 0.2) is 19.2 Å². The zero-order chi connectivity index (χ0) is 22.8. The minimum atomic E-state index is -0.436. The summed E-state index contributed by atoms with van der Waals surface area (Å²) in [4.78, 5) is 55.2. The molecule has 168 valence electrons. The van der Waals surface area contributed by atoms with Crippen molar-refractivity contribution in [3.63, 3.8) is 0 Å². The van der Waals surface area contributed by atoms with E-state index in [1.54, 1.807) is 14.1 Å². The lowest BCUT2D eigenvalue weighted by Gasteiger charge is -2.33. The number of aromatic nitrogens is 4. The summed E-state index contributed by atoms with van der Waals surface area (Å²) in [5.41, 5.74) is -0.733. The number of hydrogen-bond acceptors (Lipinski definition) is 8. The van der Waals surface area contributed by atoms with E-state index in [-0.39, 0.29) is 11.1 Å². The first kappa shape index (κ1) is 20.8. The van der Waals surface area contributed by atoms with Crippen molar-refractivity contribution < 1.29 is 0 Å². The number of nitrogens with zero attached hydrogens (tertiary/aromatic N) is 8. The first-order valence-corrected chi connectivity index (χ1v) is 10.3. The predicted octanol–water partition coefficient (Wildman–Crippen LogP) is -1.31. The maximum Gasteiger partial charge on any atom is 0.332 e. The molecule has 31 heavy (non-hydrogen) atoms. The topological polar surface area (TPSA) is 101 Å². The van der Waals surface area contributed by atoms with Crippen molar-refractivity contribution in [2.24, 2.45) is 28.2 Å². The molecule has 0 unspecified atom stereocenters. The van der Waals surface area contributed by atoms with Crippen LogP contribution in [0, 0.1) is 0 Å². The Hall–Kier alpha value is -3.44. The fraction of sp³-hybridized carbons (Fsp3) is 0.579. The molecule has 0 N–H and O–H groups in total. The van der Waals surface area contributed by atoms with Gasteiger partial charge in [-0.3, -0.25) is 27.9 Å². The van der Waals surface area contributed by atoms with Crippen molar-refractivity contribution in [3.8, 4) is 0 Å². The van der Waals surface area contributed by atoms with Crippen LogP contribution >= 0.6 is 0 Å². The van der Waals surface area contributed by atoms with Crippen LogP contribution in [-0.2, 0) is 28.2 Å². The van der Waals surface area contributed by atoms with Crippen molar-refractivity contribution >= 4 is 23.0 Å². The highest BCUT2D eigenvalue weighted by Crippen LogP contribution is 2.39. The van der Waals surface area contributed by atoms with E-state index in [1.807, 2.05) is 33.7 Å². The molecule has 0 aliphatic carbocycles. The van der Waals surface area contributed by atoms with Crippen molar-refractivity contribution in [1.82, 2.24) is 18.3 Å². The molecule has 2 aromatic heterocycles. The quantitative estimate of drug-likeness (QED) is 0.587. The summed E-state index contributed by atoms with van der Waals surface area (Å²) in [6.45, 7) is 5.80. The van der Waals surface area contributed by atoms with Gasteiger partial charge in [-0.15, -0.1) is 0 Å². The van der Waals surface area contributed by atoms with Crippen molar-refractivity contribution in [1.29, 1.82) is 0 Å². The Balaban J connectivity index is 2.00. The molecular formula is C19H28N8O4. The average Bonchev–Trinajstić information content (AvgIpc) is 3.32. The van der Waals surface area contributed by atoms with Gasteiger partial charge in [0.1, 0.15) is 24.7 Å². The van der Waals surface area contributed by atoms with Gasteiger partial charge in [0.2, 0.25) is 0 Å². The van der Waals surface area contributed by atoms with Crippen LogP contribution in [0.25, 0.3) is 0 Å². The number of anilines is 4. The second kappa shape index (κ2) is 7.06. The highest BCUT2D eigenvalue weighted by atomic mass is 16.2. The highest BCUT2D eigenvalue weighted by Gasteiger charge is 2.42. The largest absolute Gasteiger partial charge is 0.345 e. The van der Waals surface area contributed by atoms with Gasteiger partial charge in [-0.25, -0.2) is 19.6 Å². The molecule has 0 amide bonds. The number of hydrazine groups is 1. The summed E-state index contributed by atoms with van der Waals surface area (Å²) in [6, 6.07) is 0. The fourth-order valence-electron chi connectivity index (χ4n) is 4.47. The third-order valence-corrected chi connectivity index (χ3v) is 6.12. The number of rotatable bonds is 4. The van der Waals surface area contributed by atoms with Gasteiger partial charge in [0, 0.05) is 41.3 Å². The minimum Gasteiger partial charge on any atom is -0.345 e. The Morgan fingerprint density at radius 2 is 1.06 bits per heavy atom. The first-order chi connectivity index (χ1) is 14.6. The van der Waals surface area contributed by atoms with Gasteiger partial charge >= 0.3 is 11.4 Å². The lowest BCUT2D eigenvalue weighted by molar-refractivity contribution is 0.643. The van der Waals surface area contributed by atoms with E-state index in [0.717, 1.165) is 15.6 Å². The second-order valence-corrected chi connectivity index (χ2v) is 7.96. The summed E-state index contributed by atoms with van der Waals surface area (Å²) in [5, 5.41) is 3.64. The molecule has 12 nitrogen and oxygen atoms in total. The lowest BCUT2D eigenvalue weighted by atomic mass is 10.4. The molecule has 0 atom stereocenters. The van der Waals surface area contributed by atoms with Gasteiger partial charge in [-0.05, 0) is 13.3 Å². The van der Waals surface area contributed by atoms with Gasteiger partial charge in [0.05, 0.1) is 0 Å². The Morgan fingerprint density at radius 1 is 0.645 bits per heavy atom. The molecule has 12 heteroatoms. The Labute approximate surface area is 178 Å². The Morgan fingerprint density at radius 3 is 1.48 bits per heavy atom. The minimum absolute atomic E-state index is 0.321. The summed E-state index contributed by atoms with van der Waals surface area (Å²) in [7, 11) is 6.18. The third-order valence-electron chi connectivity index (χ3n) is 6.12. The molecule has 2 aliphatic heterocycles. The van der Waals surface area contributed by atoms with Gasteiger partial charge in [-0.1, -0.05) is 6.92 Å². The summed E-state index contributed by atoms with van der Waals surface area (Å²) < 4.78 is 5.08. The SMILES string of the molecule is CCCN1CN(N2CN(CC)c3c2n(C)c(=O)n(C)c3=O)c2c1c(=O)n(C)c(=O)n2C. The van der Waals surface area contributed by atoms with Crippen LogP contribution in [0.3, 0.4) is 0 Å². The van der Waals surface area contributed by atoms with E-state index >= 15 is 0 Å². The molecule has 0 saturated heterocycles. The molecule has 0 fully saturated rings. The zero-order valence-corrected chi connectivity index (χ0v) is 18.7. The van der Waals surface area contributed by atoms with Crippen LogP contribution in [0.5, 0.6) is 0 Å². The van der Waals surface area contributed by atoms with Crippen LogP contribution in [0.4, 0.5) is 23.0 Å². The van der Waals surface area contributed by atoms with Gasteiger partial charge in [-0.2, -0.15) is 0 Å². The maximum atomic E-state index is 13.0. The van der Waals surface area contributed by atoms with Crippen LogP contribution < -0.4 is 42.3 Å². The smallest absolute Gasteiger partial charge is 0.332 e. The molecule has 0 aromatic carbocycles. The molecular weight excluding hydrogens is 404 g/mol. The van der Waals surface area contributed by atoms with Crippen LogP contribution in [-0.4, -0.2) is 44.7 Å². The molecule has 4 heterocycles. The van der Waals surface area contributed by atoms with Gasteiger partial charge in [0.15, 0.2) is 11.6 Å². The van der Waals surface area contributed by atoms with Crippen LogP contribution in [0.2, 0.25) is 0 Å². The van der Waals surface area contributed by atoms with Crippen molar-refractivity contribution in [3.05, 3.63) is 41.7 Å². The molecule has 0 radical (unpaired) electrons. The lowest BCUT2D eigenvalue weighted by Crippen LogP contribution is -2.49. The number of fused-ring (bicyclic) bond motifs is 2. The van der Waals surface area contributed by atoms with Crippen LogP contribution in [0.1, 0.15) is 20.3 Å². The van der Waals surface area contributed by atoms with Crippen molar-refractivity contribution in [2.75, 3.05) is 46.2 Å². The normalized spacial score (nSPS) is 15.2. The third kappa shape index (κ3) is 2.66. The number of hydrogen-bond donors (Lipinski definition) is 0. The van der Waals surface area contributed by atoms with Gasteiger partial charge in [0.25, 0.3) is 11.1 Å². The monoisotopic (exact) mass is 432 g/mol. The second-order valence-electron chi connectivity index (χ2n) is 7.96. The first-order valence-electron chi connectivity index (χ1n) is 10.3.